The lowest BCUT2D eigenvalue weighted by Gasteiger charge is -2.30. The van der Waals surface area contributed by atoms with Crippen LogP contribution in [0.4, 0.5) is 0 Å². The zero-order valence-electron chi connectivity index (χ0n) is 26.6. The summed E-state index contributed by atoms with van der Waals surface area (Å²) >= 11 is 0. The standard InChI is InChI=1S/C34H49N3O6/c1-6-7-18-35(19-10-11-20-37(2,3)4)32(38)23-36-22-27(26-15-17-30-31(21-26)43-24-42-30)33(34(39)40)28(36)16-14-25-12-8-9-13-29(25)41-5/h8-9,12-13,15,17,21,27-28,33H,6-7,10-11,14,16,18-20,22-24H2,1-5H3/p+1/t27-,28+,33?/m1/s1. The van der Waals surface area contributed by atoms with Gasteiger partial charge in [-0.05, 0) is 61.4 Å². The van der Waals surface area contributed by atoms with Gasteiger partial charge >= 0.3 is 5.97 Å². The van der Waals surface area contributed by atoms with Gasteiger partial charge in [-0.25, -0.2) is 0 Å². The summed E-state index contributed by atoms with van der Waals surface area (Å²) in [6, 6.07) is 13.3. The maximum absolute atomic E-state index is 13.9. The summed E-state index contributed by atoms with van der Waals surface area (Å²) in [7, 11) is 8.22. The first-order valence-electron chi connectivity index (χ1n) is 15.7. The van der Waals surface area contributed by atoms with Crippen molar-refractivity contribution in [3.8, 4) is 17.2 Å². The molecule has 2 heterocycles. The number of para-hydroxylation sites is 1. The number of nitrogens with zero attached hydrogens (tertiary/aromatic N) is 3. The second-order valence-corrected chi connectivity index (χ2v) is 12.9. The van der Waals surface area contributed by atoms with Crippen LogP contribution >= 0.6 is 0 Å². The van der Waals surface area contributed by atoms with Crippen LogP contribution in [-0.4, -0.2) is 105 Å². The van der Waals surface area contributed by atoms with Gasteiger partial charge in [0.2, 0.25) is 12.7 Å². The minimum atomic E-state index is -0.842. The second-order valence-electron chi connectivity index (χ2n) is 12.9. The van der Waals surface area contributed by atoms with E-state index in [0.29, 0.717) is 30.9 Å². The lowest BCUT2D eigenvalue weighted by molar-refractivity contribution is -0.870. The molecule has 1 N–H and O–H groups in total. The number of quaternary nitrogens is 1. The van der Waals surface area contributed by atoms with Gasteiger partial charge in [-0.3, -0.25) is 14.5 Å². The molecule has 2 aromatic rings. The maximum Gasteiger partial charge on any atom is 0.308 e. The average molecular weight is 597 g/mol. The number of ether oxygens (including phenoxy) is 3. The number of fused-ring (bicyclic) bond motifs is 1. The molecule has 2 aliphatic heterocycles. The summed E-state index contributed by atoms with van der Waals surface area (Å²) in [5.74, 6) is 0.392. The van der Waals surface area contributed by atoms with Gasteiger partial charge < -0.3 is 28.7 Å². The highest BCUT2D eigenvalue weighted by molar-refractivity contribution is 5.79. The largest absolute Gasteiger partial charge is 0.496 e. The third-order valence-electron chi connectivity index (χ3n) is 8.74. The van der Waals surface area contributed by atoms with Crippen LogP contribution in [0.25, 0.3) is 0 Å². The highest BCUT2D eigenvalue weighted by Gasteiger charge is 2.47. The van der Waals surface area contributed by atoms with E-state index in [1.807, 2.05) is 47.4 Å². The quantitative estimate of drug-likeness (QED) is 0.223. The summed E-state index contributed by atoms with van der Waals surface area (Å²) < 4.78 is 17.6. The van der Waals surface area contributed by atoms with Gasteiger partial charge in [0.15, 0.2) is 11.5 Å². The number of hydrogen-bond acceptors (Lipinski definition) is 6. The molecule has 1 unspecified atom stereocenters. The Bertz CT molecular complexity index is 1230. The Hall–Kier alpha value is -3.30. The van der Waals surface area contributed by atoms with Crippen molar-refractivity contribution in [3.63, 3.8) is 0 Å². The molecule has 0 aliphatic carbocycles. The van der Waals surface area contributed by atoms with Crippen molar-refractivity contribution in [2.24, 2.45) is 5.92 Å². The Kier molecular flexibility index (Phi) is 11.3. The van der Waals surface area contributed by atoms with E-state index >= 15 is 0 Å². The van der Waals surface area contributed by atoms with E-state index in [1.54, 1.807) is 7.11 Å². The van der Waals surface area contributed by atoms with Crippen molar-refractivity contribution in [3.05, 3.63) is 53.6 Å². The number of carbonyl (C=O) groups is 2. The maximum atomic E-state index is 13.9. The molecule has 0 aromatic heterocycles. The third kappa shape index (κ3) is 8.63. The third-order valence-corrected chi connectivity index (χ3v) is 8.74. The van der Waals surface area contributed by atoms with Gasteiger partial charge in [-0.2, -0.15) is 0 Å². The van der Waals surface area contributed by atoms with Gasteiger partial charge in [0.1, 0.15) is 5.75 Å². The molecular formula is C34H50N3O6+. The molecule has 9 heteroatoms. The Morgan fingerprint density at radius 1 is 1.05 bits per heavy atom. The Labute approximate surface area is 256 Å². The molecule has 4 rings (SSSR count). The number of unbranched alkanes of at least 4 members (excludes halogenated alkanes) is 2. The van der Waals surface area contributed by atoms with Gasteiger partial charge in [-0.15, -0.1) is 0 Å². The highest BCUT2D eigenvalue weighted by Crippen LogP contribution is 2.43. The fraction of sp³-hybridized carbons (Fsp3) is 0.588. The molecule has 0 spiro atoms. The number of carboxylic acids is 1. The number of carboxylic acid groups (broad SMARTS) is 1. The van der Waals surface area contributed by atoms with Crippen molar-refractivity contribution in [1.29, 1.82) is 0 Å². The number of aliphatic carboxylic acids is 1. The van der Waals surface area contributed by atoms with Crippen LogP contribution in [0.5, 0.6) is 17.2 Å². The minimum absolute atomic E-state index is 0.0801. The van der Waals surface area contributed by atoms with Crippen LogP contribution < -0.4 is 14.2 Å². The first kappa shape index (κ1) is 32.6. The first-order chi connectivity index (χ1) is 20.6. The number of methoxy groups -OCH3 is 1. The molecule has 0 radical (unpaired) electrons. The number of likely N-dealkylation sites (tertiary alicyclic amines) is 1. The molecule has 43 heavy (non-hydrogen) atoms. The Morgan fingerprint density at radius 2 is 1.79 bits per heavy atom. The Balaban J connectivity index is 1.56. The average Bonchev–Trinajstić information content (AvgIpc) is 3.59. The van der Waals surface area contributed by atoms with E-state index in [-0.39, 0.29) is 31.2 Å². The summed E-state index contributed by atoms with van der Waals surface area (Å²) in [6.07, 6.45) is 5.24. The zero-order chi connectivity index (χ0) is 31.0. The van der Waals surface area contributed by atoms with E-state index in [2.05, 4.69) is 33.0 Å². The van der Waals surface area contributed by atoms with Crippen LogP contribution in [0.2, 0.25) is 0 Å². The van der Waals surface area contributed by atoms with Gasteiger partial charge in [0.25, 0.3) is 0 Å². The molecule has 3 atom stereocenters. The highest BCUT2D eigenvalue weighted by atomic mass is 16.7. The fourth-order valence-electron chi connectivity index (χ4n) is 6.42. The fourth-order valence-corrected chi connectivity index (χ4v) is 6.42. The van der Waals surface area contributed by atoms with E-state index in [0.717, 1.165) is 66.7 Å². The van der Waals surface area contributed by atoms with Crippen molar-refractivity contribution < 1.29 is 33.4 Å². The summed E-state index contributed by atoms with van der Waals surface area (Å²) in [6.45, 7) is 5.52. The first-order valence-corrected chi connectivity index (χ1v) is 15.7. The molecule has 0 bridgehead atoms. The number of rotatable bonds is 16. The van der Waals surface area contributed by atoms with Crippen LogP contribution in [0.1, 0.15) is 56.1 Å². The van der Waals surface area contributed by atoms with Crippen LogP contribution in [0, 0.1) is 5.92 Å². The van der Waals surface area contributed by atoms with Crippen LogP contribution in [0.3, 0.4) is 0 Å². The van der Waals surface area contributed by atoms with E-state index in [1.165, 1.54) is 0 Å². The molecule has 0 saturated carbocycles. The molecular weight excluding hydrogens is 546 g/mol. The molecule has 1 saturated heterocycles. The lowest BCUT2D eigenvalue weighted by atomic mass is 9.83. The van der Waals surface area contributed by atoms with Gasteiger partial charge in [0.05, 0.1) is 47.3 Å². The molecule has 9 nitrogen and oxygen atoms in total. The van der Waals surface area contributed by atoms with Crippen molar-refractivity contribution in [1.82, 2.24) is 9.80 Å². The number of benzene rings is 2. The molecule has 2 aromatic carbocycles. The van der Waals surface area contributed by atoms with Crippen molar-refractivity contribution in [2.45, 2.75) is 57.4 Å². The lowest BCUT2D eigenvalue weighted by Crippen LogP contribution is -2.45. The summed E-state index contributed by atoms with van der Waals surface area (Å²) in [5.41, 5.74) is 1.94. The smallest absolute Gasteiger partial charge is 0.308 e. The predicted octanol–water partition coefficient (Wildman–Crippen LogP) is 4.64. The van der Waals surface area contributed by atoms with Gasteiger partial charge in [-0.1, -0.05) is 37.6 Å². The monoisotopic (exact) mass is 596 g/mol. The zero-order valence-corrected chi connectivity index (χ0v) is 26.6. The van der Waals surface area contributed by atoms with Crippen molar-refractivity contribution in [2.75, 3.05) is 67.8 Å². The summed E-state index contributed by atoms with van der Waals surface area (Å²) in [4.78, 5) is 30.9. The number of carbonyl (C=O) groups excluding carboxylic acids is 1. The number of aryl methyl sites for hydroxylation is 1. The topological polar surface area (TPSA) is 88.5 Å². The molecule has 1 fully saturated rings. The predicted molar refractivity (Wildman–Crippen MR) is 167 cm³/mol. The van der Waals surface area contributed by atoms with Gasteiger partial charge in [0, 0.05) is 31.6 Å². The van der Waals surface area contributed by atoms with E-state index in [4.69, 9.17) is 14.2 Å². The number of amides is 1. The second kappa shape index (κ2) is 14.9. The molecule has 236 valence electrons. The van der Waals surface area contributed by atoms with Crippen molar-refractivity contribution >= 4 is 11.9 Å². The van der Waals surface area contributed by atoms with E-state index < -0.39 is 11.9 Å². The Morgan fingerprint density at radius 3 is 2.51 bits per heavy atom. The van der Waals surface area contributed by atoms with E-state index in [9.17, 15) is 14.7 Å². The normalized spacial score (nSPS) is 19.9. The summed E-state index contributed by atoms with van der Waals surface area (Å²) in [5, 5.41) is 10.6. The van der Waals surface area contributed by atoms with Crippen LogP contribution in [-0.2, 0) is 16.0 Å². The SMILES string of the molecule is CCCCN(CCCC[N+](C)(C)C)C(=O)CN1C[C@H](c2ccc3c(c2)OCO3)C(C(=O)O)[C@@H]1CCc1ccccc1OC. The minimum Gasteiger partial charge on any atom is -0.496 e. The molecule has 2 aliphatic rings. The van der Waals surface area contributed by atoms with Crippen LogP contribution in [0.15, 0.2) is 42.5 Å². The number of hydrogen-bond donors (Lipinski definition) is 1. The molecule has 1 amide bonds.